The van der Waals surface area contributed by atoms with Gasteiger partial charge in [-0.15, -0.1) is 11.6 Å². The molecule has 2 aliphatic rings. The molecule has 2 saturated carbocycles. The van der Waals surface area contributed by atoms with Gasteiger partial charge in [0, 0.05) is 11.4 Å². The molecule has 0 aromatic rings. The lowest BCUT2D eigenvalue weighted by atomic mass is 9.85. The normalized spacial score (nSPS) is 29.7. The molecule has 0 spiro atoms. The maximum atomic E-state index is 12.0. The largest absolute Gasteiger partial charge is 0.480 e. The molecule has 2 amide bonds. The molecule has 4 atom stereocenters. The molecule has 2 rings (SSSR count). The molecular weight excluding hydrogens is 330 g/mol. The lowest BCUT2D eigenvalue weighted by Gasteiger charge is -2.31. The molecule has 0 heterocycles. The van der Waals surface area contributed by atoms with Gasteiger partial charge in [-0.2, -0.15) is 0 Å². The van der Waals surface area contributed by atoms with Gasteiger partial charge in [-0.3, -0.25) is 5.43 Å². The number of nitrogens with one attached hydrogen (secondary N) is 3. The summed E-state index contributed by atoms with van der Waals surface area (Å²) in [6.07, 6.45) is 8.94. The van der Waals surface area contributed by atoms with Crippen LogP contribution >= 0.6 is 11.6 Å². The molecule has 4 unspecified atom stereocenters. The summed E-state index contributed by atoms with van der Waals surface area (Å²) in [7, 11) is 0. The molecule has 7 heteroatoms. The van der Waals surface area contributed by atoms with Gasteiger partial charge < -0.3 is 10.4 Å². The van der Waals surface area contributed by atoms with E-state index in [-0.39, 0.29) is 11.4 Å². The molecule has 2 fully saturated rings. The van der Waals surface area contributed by atoms with E-state index in [1.807, 2.05) is 0 Å². The highest BCUT2D eigenvalue weighted by Gasteiger charge is 2.28. The molecule has 0 saturated heterocycles. The topological polar surface area (TPSA) is 90.5 Å². The number of halogens is 1. The Kier molecular flexibility index (Phi) is 7.62. The molecule has 2 aliphatic carbocycles. The van der Waals surface area contributed by atoms with Crippen LogP contribution in [0.15, 0.2) is 0 Å². The number of urea groups is 1. The van der Waals surface area contributed by atoms with E-state index in [1.54, 1.807) is 0 Å². The number of amides is 2. The van der Waals surface area contributed by atoms with E-state index in [2.05, 4.69) is 23.1 Å². The van der Waals surface area contributed by atoms with Gasteiger partial charge in [-0.1, -0.05) is 39.0 Å². The summed E-state index contributed by atoms with van der Waals surface area (Å²) in [6.45, 7) is 2.14. The van der Waals surface area contributed by atoms with Crippen LogP contribution in [0.4, 0.5) is 4.79 Å². The Bertz CT molecular complexity index is 429. The lowest BCUT2D eigenvalue weighted by molar-refractivity contribution is -0.139. The SMILES string of the molecule is CC1CCC(NNC(=O)NC(CC2CCCCC2)C(=O)O)CC1Cl. The van der Waals surface area contributed by atoms with Crippen molar-refractivity contribution >= 4 is 23.6 Å². The average Bonchev–Trinajstić information content (AvgIpc) is 2.56. The molecule has 6 nitrogen and oxygen atoms in total. The molecule has 0 aliphatic heterocycles. The van der Waals surface area contributed by atoms with Crippen molar-refractivity contribution in [3.63, 3.8) is 0 Å². The first-order valence-electron chi connectivity index (χ1n) is 9.14. The van der Waals surface area contributed by atoms with Gasteiger partial charge in [0.2, 0.25) is 0 Å². The second-order valence-electron chi connectivity index (χ2n) is 7.38. The maximum absolute atomic E-state index is 12.0. The van der Waals surface area contributed by atoms with E-state index in [1.165, 1.54) is 6.42 Å². The maximum Gasteiger partial charge on any atom is 0.329 e. The molecule has 0 aromatic heterocycles. The van der Waals surface area contributed by atoms with E-state index in [0.717, 1.165) is 44.9 Å². The first-order valence-corrected chi connectivity index (χ1v) is 9.58. The first-order chi connectivity index (χ1) is 11.5. The van der Waals surface area contributed by atoms with Gasteiger partial charge in [-0.05, 0) is 37.5 Å². The Morgan fingerprint density at radius 2 is 1.88 bits per heavy atom. The van der Waals surface area contributed by atoms with Crippen LogP contribution in [-0.2, 0) is 4.79 Å². The number of hydrazine groups is 1. The summed E-state index contributed by atoms with van der Waals surface area (Å²) in [5, 5.41) is 12.0. The third-order valence-corrected chi connectivity index (χ3v) is 5.99. The third-order valence-electron chi connectivity index (χ3n) is 5.38. The Morgan fingerprint density at radius 3 is 2.50 bits per heavy atom. The predicted octanol–water partition coefficient (Wildman–Crippen LogP) is 3.01. The Morgan fingerprint density at radius 1 is 1.17 bits per heavy atom. The Labute approximate surface area is 149 Å². The van der Waals surface area contributed by atoms with Crippen LogP contribution in [0.2, 0.25) is 0 Å². The number of hydrogen-bond acceptors (Lipinski definition) is 3. The standard InChI is InChI=1S/C17H30ClN3O3/c1-11-7-8-13(10-14(11)18)20-21-17(24)19-15(16(22)23)9-12-5-3-2-4-6-12/h11-15,20H,2-10H2,1H3,(H,22,23)(H2,19,21,24). The summed E-state index contributed by atoms with van der Waals surface area (Å²) in [6, 6.07) is -1.18. The summed E-state index contributed by atoms with van der Waals surface area (Å²) < 4.78 is 0. The summed E-state index contributed by atoms with van der Waals surface area (Å²) >= 11 is 6.27. The highest BCUT2D eigenvalue weighted by molar-refractivity contribution is 6.20. The van der Waals surface area contributed by atoms with Crippen molar-refractivity contribution in [2.24, 2.45) is 11.8 Å². The zero-order valence-electron chi connectivity index (χ0n) is 14.4. The van der Waals surface area contributed by atoms with Crippen LogP contribution in [0.5, 0.6) is 0 Å². The van der Waals surface area contributed by atoms with E-state index >= 15 is 0 Å². The van der Waals surface area contributed by atoms with Gasteiger partial charge in [0.1, 0.15) is 6.04 Å². The van der Waals surface area contributed by atoms with Crippen molar-refractivity contribution in [3.8, 4) is 0 Å². The minimum atomic E-state index is -0.969. The number of rotatable bonds is 6. The molecule has 4 N–H and O–H groups in total. The van der Waals surface area contributed by atoms with Gasteiger partial charge >= 0.3 is 12.0 Å². The molecule has 0 radical (unpaired) electrons. The third kappa shape index (κ3) is 6.13. The van der Waals surface area contributed by atoms with Crippen molar-refractivity contribution in [2.75, 3.05) is 0 Å². The van der Waals surface area contributed by atoms with Crippen LogP contribution in [0.1, 0.15) is 64.7 Å². The minimum absolute atomic E-state index is 0.110. The Balaban J connectivity index is 1.73. The quantitative estimate of drug-likeness (QED) is 0.433. The first kappa shape index (κ1) is 19.3. The smallest absolute Gasteiger partial charge is 0.329 e. The number of carboxylic acid groups (broad SMARTS) is 1. The number of hydrogen-bond donors (Lipinski definition) is 4. The lowest BCUT2D eigenvalue weighted by Crippen LogP contribution is -2.54. The average molecular weight is 360 g/mol. The van der Waals surface area contributed by atoms with Crippen molar-refractivity contribution in [1.29, 1.82) is 0 Å². The van der Waals surface area contributed by atoms with E-state index in [4.69, 9.17) is 11.6 Å². The van der Waals surface area contributed by atoms with Crippen molar-refractivity contribution in [3.05, 3.63) is 0 Å². The second kappa shape index (κ2) is 9.47. The molecule has 0 bridgehead atoms. The highest BCUT2D eigenvalue weighted by Crippen LogP contribution is 2.28. The fourth-order valence-corrected chi connectivity index (χ4v) is 4.08. The number of carbonyl (C=O) groups excluding carboxylic acids is 1. The molecule has 138 valence electrons. The van der Waals surface area contributed by atoms with Crippen molar-refractivity contribution in [1.82, 2.24) is 16.2 Å². The summed E-state index contributed by atoms with van der Waals surface area (Å²) in [5.74, 6) is -0.0848. The summed E-state index contributed by atoms with van der Waals surface area (Å²) in [5.41, 5.74) is 5.57. The van der Waals surface area contributed by atoms with Gasteiger partial charge in [0.15, 0.2) is 0 Å². The minimum Gasteiger partial charge on any atom is -0.480 e. The van der Waals surface area contributed by atoms with Crippen LogP contribution < -0.4 is 16.2 Å². The number of alkyl halides is 1. The number of carbonyl (C=O) groups is 2. The van der Waals surface area contributed by atoms with Crippen molar-refractivity contribution in [2.45, 2.75) is 82.2 Å². The number of aliphatic carboxylic acids is 1. The summed E-state index contributed by atoms with van der Waals surface area (Å²) in [4.78, 5) is 23.4. The van der Waals surface area contributed by atoms with E-state index in [0.29, 0.717) is 18.3 Å². The zero-order valence-corrected chi connectivity index (χ0v) is 15.1. The van der Waals surface area contributed by atoms with Gasteiger partial charge in [-0.25, -0.2) is 15.0 Å². The fourth-order valence-electron chi connectivity index (χ4n) is 3.74. The zero-order chi connectivity index (χ0) is 17.5. The molecule has 24 heavy (non-hydrogen) atoms. The highest BCUT2D eigenvalue weighted by atomic mass is 35.5. The van der Waals surface area contributed by atoms with E-state index in [9.17, 15) is 14.7 Å². The van der Waals surface area contributed by atoms with Crippen LogP contribution in [0.3, 0.4) is 0 Å². The molecule has 0 aromatic carbocycles. The van der Waals surface area contributed by atoms with Crippen LogP contribution in [0, 0.1) is 11.8 Å². The monoisotopic (exact) mass is 359 g/mol. The Hall–Kier alpha value is -1.01. The fraction of sp³-hybridized carbons (Fsp3) is 0.882. The van der Waals surface area contributed by atoms with Crippen molar-refractivity contribution < 1.29 is 14.7 Å². The number of carboxylic acids is 1. The molecular formula is C17H30ClN3O3. The second-order valence-corrected chi connectivity index (χ2v) is 7.94. The van der Waals surface area contributed by atoms with E-state index < -0.39 is 18.0 Å². The predicted molar refractivity (Wildman–Crippen MR) is 93.9 cm³/mol. The van der Waals surface area contributed by atoms with Gasteiger partial charge in [0.05, 0.1) is 0 Å². The van der Waals surface area contributed by atoms with Crippen LogP contribution in [0.25, 0.3) is 0 Å². The van der Waals surface area contributed by atoms with Crippen LogP contribution in [-0.4, -0.2) is 34.6 Å². The van der Waals surface area contributed by atoms with Gasteiger partial charge in [0.25, 0.3) is 0 Å².